The van der Waals surface area contributed by atoms with E-state index in [1.54, 1.807) is 0 Å². The van der Waals surface area contributed by atoms with Gasteiger partial charge in [0, 0.05) is 50.5 Å². The maximum absolute atomic E-state index is 4.36. The zero-order valence-electron chi connectivity index (χ0n) is 10.7. The van der Waals surface area contributed by atoms with Crippen LogP contribution in [0.15, 0.2) is 12.4 Å². The van der Waals surface area contributed by atoms with Crippen molar-refractivity contribution in [2.24, 2.45) is 0 Å². The standard InChI is InChI=1S/C12H22N4.ClH/c1-3-5-16-10-12(7-14-16)9-15-6-4-13-11(2)8-15;/h7,10-11,13H,3-6,8-9H2,1-2H3;1H/t11-;/m0./s1. The predicted molar refractivity (Wildman–Crippen MR) is 72.5 cm³/mol. The molecule has 0 amide bonds. The molecule has 1 N–H and O–H groups in total. The third-order valence-electron chi connectivity index (χ3n) is 3.00. The first-order chi connectivity index (χ1) is 7.78. The summed E-state index contributed by atoms with van der Waals surface area (Å²) in [5.74, 6) is 0. The second-order valence-electron chi connectivity index (χ2n) is 4.70. The minimum absolute atomic E-state index is 0. The van der Waals surface area contributed by atoms with Crippen molar-refractivity contribution in [3.05, 3.63) is 18.0 Å². The van der Waals surface area contributed by atoms with Gasteiger partial charge in [-0.15, -0.1) is 12.4 Å². The lowest BCUT2D eigenvalue weighted by Crippen LogP contribution is -2.48. The van der Waals surface area contributed by atoms with Crippen molar-refractivity contribution >= 4 is 12.4 Å². The molecule has 0 radical (unpaired) electrons. The monoisotopic (exact) mass is 258 g/mol. The second kappa shape index (κ2) is 6.99. The summed E-state index contributed by atoms with van der Waals surface area (Å²) in [5, 5.41) is 7.83. The Morgan fingerprint density at radius 2 is 2.35 bits per heavy atom. The molecule has 1 fully saturated rings. The number of aromatic nitrogens is 2. The number of nitrogens with zero attached hydrogens (tertiary/aromatic N) is 3. The molecule has 0 aliphatic carbocycles. The number of piperazine rings is 1. The van der Waals surface area contributed by atoms with Gasteiger partial charge in [0.05, 0.1) is 6.20 Å². The SMILES string of the molecule is CCCn1cc(CN2CCN[C@@H](C)C2)cn1.Cl. The van der Waals surface area contributed by atoms with Crippen LogP contribution in [0.4, 0.5) is 0 Å². The molecule has 5 heteroatoms. The van der Waals surface area contributed by atoms with Crippen LogP contribution in [0.1, 0.15) is 25.8 Å². The van der Waals surface area contributed by atoms with Crippen LogP contribution in [0.2, 0.25) is 0 Å². The zero-order valence-corrected chi connectivity index (χ0v) is 11.5. The highest BCUT2D eigenvalue weighted by Crippen LogP contribution is 2.07. The summed E-state index contributed by atoms with van der Waals surface area (Å²) in [6, 6.07) is 0.611. The van der Waals surface area contributed by atoms with E-state index in [4.69, 9.17) is 0 Å². The van der Waals surface area contributed by atoms with Gasteiger partial charge in [0.1, 0.15) is 0 Å². The molecule has 1 aliphatic heterocycles. The third kappa shape index (κ3) is 4.30. The summed E-state index contributed by atoms with van der Waals surface area (Å²) < 4.78 is 2.04. The summed E-state index contributed by atoms with van der Waals surface area (Å²) in [7, 11) is 0. The molecule has 0 unspecified atom stereocenters. The second-order valence-corrected chi connectivity index (χ2v) is 4.70. The first-order valence-electron chi connectivity index (χ1n) is 6.25. The third-order valence-corrected chi connectivity index (χ3v) is 3.00. The highest BCUT2D eigenvalue weighted by Gasteiger charge is 2.15. The van der Waals surface area contributed by atoms with E-state index in [1.807, 2.05) is 10.9 Å². The van der Waals surface area contributed by atoms with Gasteiger partial charge in [-0.05, 0) is 13.3 Å². The Kier molecular flexibility index (Phi) is 5.95. The highest BCUT2D eigenvalue weighted by atomic mass is 35.5. The maximum Gasteiger partial charge on any atom is 0.0534 e. The Morgan fingerprint density at radius 3 is 3.06 bits per heavy atom. The van der Waals surface area contributed by atoms with Gasteiger partial charge >= 0.3 is 0 Å². The number of hydrogen-bond acceptors (Lipinski definition) is 3. The maximum atomic E-state index is 4.36. The van der Waals surface area contributed by atoms with Crippen LogP contribution in [0.5, 0.6) is 0 Å². The smallest absolute Gasteiger partial charge is 0.0534 e. The van der Waals surface area contributed by atoms with E-state index in [-0.39, 0.29) is 12.4 Å². The minimum Gasteiger partial charge on any atom is -0.312 e. The lowest BCUT2D eigenvalue weighted by molar-refractivity contribution is 0.199. The molecule has 0 saturated carbocycles. The van der Waals surface area contributed by atoms with Crippen LogP contribution in [0, 0.1) is 0 Å². The van der Waals surface area contributed by atoms with E-state index < -0.39 is 0 Å². The van der Waals surface area contributed by atoms with E-state index in [2.05, 4.69) is 35.4 Å². The van der Waals surface area contributed by atoms with Crippen molar-refractivity contribution in [1.82, 2.24) is 20.0 Å². The number of rotatable bonds is 4. The Labute approximate surface area is 110 Å². The van der Waals surface area contributed by atoms with Gasteiger partial charge in [-0.2, -0.15) is 5.10 Å². The molecule has 1 aromatic heterocycles. The van der Waals surface area contributed by atoms with Crippen molar-refractivity contribution in [2.45, 2.75) is 39.4 Å². The van der Waals surface area contributed by atoms with Gasteiger partial charge < -0.3 is 5.32 Å². The molecule has 98 valence electrons. The Balaban J connectivity index is 0.00000144. The molecule has 1 aliphatic rings. The average molecular weight is 259 g/mol. The van der Waals surface area contributed by atoms with Crippen molar-refractivity contribution in [3.8, 4) is 0 Å². The topological polar surface area (TPSA) is 33.1 Å². The van der Waals surface area contributed by atoms with Crippen LogP contribution < -0.4 is 5.32 Å². The number of halogens is 1. The molecule has 0 aromatic carbocycles. The molecule has 0 bridgehead atoms. The van der Waals surface area contributed by atoms with Crippen molar-refractivity contribution in [2.75, 3.05) is 19.6 Å². The number of hydrogen-bond donors (Lipinski definition) is 1. The molecule has 0 spiro atoms. The summed E-state index contributed by atoms with van der Waals surface area (Å²) >= 11 is 0. The molecule has 4 nitrogen and oxygen atoms in total. The molecule has 17 heavy (non-hydrogen) atoms. The van der Waals surface area contributed by atoms with E-state index in [1.165, 1.54) is 5.56 Å². The van der Waals surface area contributed by atoms with Gasteiger partial charge in [0.25, 0.3) is 0 Å². The summed E-state index contributed by atoms with van der Waals surface area (Å²) in [4.78, 5) is 2.49. The van der Waals surface area contributed by atoms with Crippen LogP contribution in [0.3, 0.4) is 0 Å². The van der Waals surface area contributed by atoms with Gasteiger partial charge in [-0.1, -0.05) is 6.92 Å². The molecule has 1 aromatic rings. The Bertz CT molecular complexity index is 326. The van der Waals surface area contributed by atoms with Crippen molar-refractivity contribution < 1.29 is 0 Å². The lowest BCUT2D eigenvalue weighted by Gasteiger charge is -2.31. The molecule has 2 rings (SSSR count). The predicted octanol–water partition coefficient (Wildman–Crippen LogP) is 1.51. The fourth-order valence-corrected chi connectivity index (χ4v) is 2.25. The zero-order chi connectivity index (χ0) is 11.4. The van der Waals surface area contributed by atoms with E-state index >= 15 is 0 Å². The fraction of sp³-hybridized carbons (Fsp3) is 0.750. The fourth-order valence-electron chi connectivity index (χ4n) is 2.25. The van der Waals surface area contributed by atoms with E-state index in [0.29, 0.717) is 6.04 Å². The lowest BCUT2D eigenvalue weighted by atomic mass is 10.2. The summed E-state index contributed by atoms with van der Waals surface area (Å²) in [5.41, 5.74) is 1.34. The van der Waals surface area contributed by atoms with E-state index in [0.717, 1.165) is 39.1 Å². The molecule has 2 heterocycles. The number of nitrogens with one attached hydrogen (secondary N) is 1. The normalized spacial score (nSPS) is 21.2. The van der Waals surface area contributed by atoms with Crippen LogP contribution >= 0.6 is 12.4 Å². The molecular weight excluding hydrogens is 236 g/mol. The van der Waals surface area contributed by atoms with Gasteiger partial charge in [-0.25, -0.2) is 0 Å². The van der Waals surface area contributed by atoms with Crippen molar-refractivity contribution in [1.29, 1.82) is 0 Å². The highest BCUT2D eigenvalue weighted by molar-refractivity contribution is 5.85. The molecule has 1 atom stereocenters. The quantitative estimate of drug-likeness (QED) is 0.889. The minimum atomic E-state index is 0. The number of aryl methyl sites for hydroxylation is 1. The summed E-state index contributed by atoms with van der Waals surface area (Å²) in [6.45, 7) is 9.87. The van der Waals surface area contributed by atoms with Crippen LogP contribution in [-0.2, 0) is 13.1 Å². The van der Waals surface area contributed by atoms with Crippen molar-refractivity contribution in [3.63, 3.8) is 0 Å². The van der Waals surface area contributed by atoms with Gasteiger partial charge in [0.2, 0.25) is 0 Å². The largest absolute Gasteiger partial charge is 0.312 e. The van der Waals surface area contributed by atoms with E-state index in [9.17, 15) is 0 Å². The average Bonchev–Trinajstić information content (AvgIpc) is 2.66. The Hall–Kier alpha value is -0.580. The first-order valence-corrected chi connectivity index (χ1v) is 6.25. The van der Waals surface area contributed by atoms with Crippen LogP contribution in [-0.4, -0.2) is 40.4 Å². The molecule has 1 saturated heterocycles. The van der Waals surface area contributed by atoms with Crippen LogP contribution in [0.25, 0.3) is 0 Å². The summed E-state index contributed by atoms with van der Waals surface area (Å²) in [6.07, 6.45) is 5.32. The van der Waals surface area contributed by atoms with Gasteiger partial charge in [0.15, 0.2) is 0 Å². The molecular formula is C12H23ClN4. The van der Waals surface area contributed by atoms with Gasteiger partial charge in [-0.3, -0.25) is 9.58 Å². The first kappa shape index (κ1) is 14.5. The Morgan fingerprint density at radius 1 is 1.53 bits per heavy atom.